The lowest BCUT2D eigenvalue weighted by Gasteiger charge is -2.33. The van der Waals surface area contributed by atoms with Crippen LogP contribution in [0.4, 0.5) is 16.2 Å². The highest BCUT2D eigenvalue weighted by atomic mass is 19.1. The third-order valence-electron chi connectivity index (χ3n) is 6.17. The van der Waals surface area contributed by atoms with Crippen molar-refractivity contribution in [3.05, 3.63) is 47.9 Å². The Hall–Kier alpha value is -3.57. The quantitative estimate of drug-likeness (QED) is 0.463. The van der Waals surface area contributed by atoms with Crippen LogP contribution in [0.2, 0.25) is 0 Å². The lowest BCUT2D eigenvalue weighted by atomic mass is 10.2. The number of fused-ring (bicyclic) bond motifs is 1. The number of pyridine rings is 1. The molecule has 10 nitrogen and oxygen atoms in total. The highest BCUT2D eigenvalue weighted by Crippen LogP contribution is 2.21. The van der Waals surface area contributed by atoms with Gasteiger partial charge in [-0.3, -0.25) is 4.90 Å². The third kappa shape index (κ3) is 4.57. The van der Waals surface area contributed by atoms with E-state index in [0.29, 0.717) is 17.0 Å². The van der Waals surface area contributed by atoms with E-state index in [-0.39, 0.29) is 17.5 Å². The van der Waals surface area contributed by atoms with Gasteiger partial charge in [0, 0.05) is 46.0 Å². The molecule has 1 N–H and O–H groups in total. The van der Waals surface area contributed by atoms with Crippen molar-refractivity contribution in [2.24, 2.45) is 7.05 Å². The average Bonchev–Trinajstić information content (AvgIpc) is 3.15. The molecule has 0 spiro atoms. The highest BCUT2D eigenvalue weighted by Gasteiger charge is 2.17. The van der Waals surface area contributed by atoms with E-state index in [1.807, 2.05) is 36.9 Å². The van der Waals surface area contributed by atoms with E-state index in [9.17, 15) is 4.39 Å². The summed E-state index contributed by atoms with van der Waals surface area (Å²) in [6.07, 6.45) is 4.53. The fraction of sp³-hybridized carbons (Fsp3) is 0.391. The SMILES string of the molecule is CCN1CCN(Cc2ccc(Nc3ncc(F)c(-c4ncc5nc(C)n(C)c5n4)n3)nc2)CC1. The highest BCUT2D eigenvalue weighted by molar-refractivity contribution is 5.73. The van der Waals surface area contributed by atoms with Gasteiger partial charge in [-0.1, -0.05) is 13.0 Å². The number of nitrogens with zero attached hydrogens (tertiary/aromatic N) is 9. The standard InChI is InChI=1S/C23H27FN10/c1-4-33-7-9-34(10-8-33)14-16-5-6-19(25-11-16)29-23-27-12-17(24)20(30-23)21-26-13-18-22(31-21)32(3)15(2)28-18/h5-6,11-13H,4,7-10,14H2,1-3H3,(H,25,27,29,30). The molecule has 34 heavy (non-hydrogen) atoms. The number of imidazole rings is 1. The molecule has 0 aromatic carbocycles. The van der Waals surface area contributed by atoms with E-state index in [1.165, 1.54) is 0 Å². The molecular weight excluding hydrogens is 435 g/mol. The van der Waals surface area contributed by atoms with Crippen LogP contribution in [0.3, 0.4) is 0 Å². The number of nitrogens with one attached hydrogen (secondary N) is 1. The van der Waals surface area contributed by atoms with Crippen molar-refractivity contribution >= 4 is 22.9 Å². The normalized spacial score (nSPS) is 15.2. The summed E-state index contributed by atoms with van der Waals surface area (Å²) in [5.74, 6) is 1.16. The first kappa shape index (κ1) is 22.2. The summed E-state index contributed by atoms with van der Waals surface area (Å²) >= 11 is 0. The van der Waals surface area contributed by atoms with Gasteiger partial charge in [0.2, 0.25) is 5.95 Å². The van der Waals surface area contributed by atoms with E-state index in [2.05, 4.69) is 51.9 Å². The van der Waals surface area contributed by atoms with Crippen molar-refractivity contribution in [2.45, 2.75) is 20.4 Å². The van der Waals surface area contributed by atoms with Gasteiger partial charge in [-0.15, -0.1) is 0 Å². The molecule has 4 aromatic rings. The van der Waals surface area contributed by atoms with Gasteiger partial charge >= 0.3 is 0 Å². The molecule has 0 bridgehead atoms. The monoisotopic (exact) mass is 462 g/mol. The summed E-state index contributed by atoms with van der Waals surface area (Å²) in [4.78, 5) is 30.8. The zero-order chi connectivity index (χ0) is 23.7. The van der Waals surface area contributed by atoms with E-state index in [4.69, 9.17) is 0 Å². The minimum absolute atomic E-state index is 0.0149. The van der Waals surface area contributed by atoms with Crippen molar-refractivity contribution in [2.75, 3.05) is 38.0 Å². The third-order valence-corrected chi connectivity index (χ3v) is 6.17. The molecule has 176 valence electrons. The molecule has 1 fully saturated rings. The van der Waals surface area contributed by atoms with Crippen molar-refractivity contribution in [1.82, 2.24) is 44.3 Å². The molecule has 0 radical (unpaired) electrons. The van der Waals surface area contributed by atoms with Crippen LogP contribution in [-0.2, 0) is 13.6 Å². The van der Waals surface area contributed by atoms with Gasteiger partial charge in [-0.25, -0.2) is 34.3 Å². The van der Waals surface area contributed by atoms with E-state index < -0.39 is 5.82 Å². The molecule has 0 amide bonds. The van der Waals surface area contributed by atoms with Gasteiger partial charge in [-0.05, 0) is 25.1 Å². The average molecular weight is 463 g/mol. The maximum atomic E-state index is 14.5. The summed E-state index contributed by atoms with van der Waals surface area (Å²) < 4.78 is 16.4. The van der Waals surface area contributed by atoms with Crippen molar-refractivity contribution < 1.29 is 4.39 Å². The Labute approximate surface area is 196 Å². The van der Waals surface area contributed by atoms with Crippen LogP contribution < -0.4 is 5.32 Å². The van der Waals surface area contributed by atoms with Crippen molar-refractivity contribution in [1.29, 1.82) is 0 Å². The van der Waals surface area contributed by atoms with Gasteiger partial charge in [0.1, 0.15) is 22.9 Å². The van der Waals surface area contributed by atoms with Gasteiger partial charge in [0.15, 0.2) is 17.3 Å². The van der Waals surface area contributed by atoms with Crippen LogP contribution in [-0.4, -0.2) is 77.0 Å². The number of likely N-dealkylation sites (N-methyl/N-ethyl adjacent to an activating group) is 1. The fourth-order valence-corrected chi connectivity index (χ4v) is 4.02. The molecule has 5 rings (SSSR count). The Morgan fingerprint density at radius 2 is 1.74 bits per heavy atom. The number of hydrogen-bond donors (Lipinski definition) is 1. The van der Waals surface area contributed by atoms with Crippen LogP contribution >= 0.6 is 0 Å². The second kappa shape index (κ2) is 9.35. The topological polar surface area (TPSA) is 101 Å². The van der Waals surface area contributed by atoms with Crippen LogP contribution in [0.1, 0.15) is 18.3 Å². The second-order valence-corrected chi connectivity index (χ2v) is 8.40. The number of hydrogen-bond acceptors (Lipinski definition) is 9. The minimum atomic E-state index is -0.602. The molecule has 11 heteroatoms. The lowest BCUT2D eigenvalue weighted by Crippen LogP contribution is -2.45. The van der Waals surface area contributed by atoms with Crippen molar-refractivity contribution in [3.63, 3.8) is 0 Å². The van der Waals surface area contributed by atoms with Crippen molar-refractivity contribution in [3.8, 4) is 11.5 Å². The van der Waals surface area contributed by atoms with Gasteiger partial charge in [-0.2, -0.15) is 0 Å². The maximum absolute atomic E-state index is 14.5. The van der Waals surface area contributed by atoms with Gasteiger partial charge in [0.05, 0.1) is 12.4 Å². The van der Waals surface area contributed by atoms with Crippen LogP contribution in [0.15, 0.2) is 30.7 Å². The van der Waals surface area contributed by atoms with E-state index in [0.717, 1.165) is 56.9 Å². The summed E-state index contributed by atoms with van der Waals surface area (Å²) in [6, 6.07) is 3.92. The maximum Gasteiger partial charge on any atom is 0.229 e. The first-order chi connectivity index (χ1) is 16.5. The predicted octanol–water partition coefficient (Wildman–Crippen LogP) is 2.54. The van der Waals surface area contributed by atoms with E-state index in [1.54, 1.807) is 6.20 Å². The number of halogens is 1. The molecule has 1 aliphatic rings. The minimum Gasteiger partial charge on any atom is -0.316 e. The van der Waals surface area contributed by atoms with Crippen LogP contribution in [0, 0.1) is 12.7 Å². The molecule has 4 aromatic heterocycles. The Kier molecular flexibility index (Phi) is 6.12. The summed E-state index contributed by atoms with van der Waals surface area (Å²) in [5.41, 5.74) is 2.42. The lowest BCUT2D eigenvalue weighted by molar-refractivity contribution is 0.132. The largest absolute Gasteiger partial charge is 0.316 e. The zero-order valence-electron chi connectivity index (χ0n) is 19.5. The van der Waals surface area contributed by atoms with Gasteiger partial charge < -0.3 is 14.8 Å². The molecular formula is C23H27FN10. The van der Waals surface area contributed by atoms with E-state index >= 15 is 0 Å². The molecule has 0 aliphatic carbocycles. The van der Waals surface area contributed by atoms with Crippen LogP contribution in [0.25, 0.3) is 22.7 Å². The predicted molar refractivity (Wildman–Crippen MR) is 127 cm³/mol. The first-order valence-electron chi connectivity index (χ1n) is 11.4. The summed E-state index contributed by atoms with van der Waals surface area (Å²) in [5, 5.41) is 3.04. The molecule has 0 saturated carbocycles. The number of aromatic nitrogens is 7. The Balaban J connectivity index is 1.30. The number of aryl methyl sites for hydroxylation is 2. The Morgan fingerprint density at radius 1 is 0.941 bits per heavy atom. The summed E-state index contributed by atoms with van der Waals surface area (Å²) in [7, 11) is 1.85. The fourth-order valence-electron chi connectivity index (χ4n) is 4.02. The zero-order valence-corrected chi connectivity index (χ0v) is 19.5. The first-order valence-corrected chi connectivity index (χ1v) is 11.4. The molecule has 1 saturated heterocycles. The molecule has 5 heterocycles. The van der Waals surface area contributed by atoms with Gasteiger partial charge in [0.25, 0.3) is 0 Å². The Bertz CT molecular complexity index is 1300. The molecule has 1 aliphatic heterocycles. The molecule has 0 atom stereocenters. The summed E-state index contributed by atoms with van der Waals surface area (Å²) in [6.45, 7) is 10.4. The smallest absolute Gasteiger partial charge is 0.229 e. The Morgan fingerprint density at radius 3 is 2.47 bits per heavy atom. The molecule has 0 unspecified atom stereocenters. The number of piperazine rings is 1. The number of rotatable bonds is 6. The number of anilines is 2. The van der Waals surface area contributed by atoms with Crippen LogP contribution in [0.5, 0.6) is 0 Å². The second-order valence-electron chi connectivity index (χ2n) is 8.40.